The van der Waals surface area contributed by atoms with E-state index < -0.39 is 22.8 Å². The number of nitrogens with two attached hydrogens (primary N) is 2. The lowest BCUT2D eigenvalue weighted by Gasteiger charge is -2.34. The SMILES string of the molecule is CCO.CN1CC(Nc2nc(N)nc(N)c2C=N)Cc2ccccc21.Cc1ccc(NC(=O)Nc2ccc(Cl)c(C(F)(F)F)c2)cc1. The Labute approximate surface area is 275 Å². The van der Waals surface area contributed by atoms with Gasteiger partial charge in [0.1, 0.15) is 11.6 Å². The minimum atomic E-state index is -4.58. The molecule has 0 radical (unpaired) electrons. The molecule has 11 nitrogen and oxygen atoms in total. The fraction of sp³-hybridized carbons (Fsp3) is 0.250. The zero-order chi connectivity index (χ0) is 34.7. The molecule has 1 aromatic heterocycles. The zero-order valence-corrected chi connectivity index (χ0v) is 26.7. The fourth-order valence-electron chi connectivity index (χ4n) is 4.61. The summed E-state index contributed by atoms with van der Waals surface area (Å²) in [7, 11) is 2.06. The molecule has 15 heteroatoms. The van der Waals surface area contributed by atoms with Crippen molar-refractivity contribution < 1.29 is 23.1 Å². The van der Waals surface area contributed by atoms with E-state index in [1.807, 2.05) is 19.1 Å². The number of urea groups is 1. The van der Waals surface area contributed by atoms with Crippen molar-refractivity contribution in [2.24, 2.45) is 0 Å². The van der Waals surface area contributed by atoms with Crippen molar-refractivity contribution in [1.82, 2.24) is 9.97 Å². The molecular formula is C32H37ClF3N9O2. The molecule has 250 valence electrons. The summed E-state index contributed by atoms with van der Waals surface area (Å²) in [6, 6.07) is 18.0. The van der Waals surface area contributed by atoms with Crippen LogP contribution in [0.3, 0.4) is 0 Å². The van der Waals surface area contributed by atoms with Crippen molar-refractivity contribution in [3.05, 3.63) is 94.0 Å². The molecule has 1 atom stereocenters. The predicted molar refractivity (Wildman–Crippen MR) is 183 cm³/mol. The van der Waals surface area contributed by atoms with Gasteiger partial charge in [0.05, 0.1) is 16.1 Å². The predicted octanol–water partition coefficient (Wildman–Crippen LogP) is 6.42. The van der Waals surface area contributed by atoms with E-state index in [0.717, 1.165) is 36.9 Å². The summed E-state index contributed by atoms with van der Waals surface area (Å²) >= 11 is 5.51. The number of carbonyl (C=O) groups is 1. The molecule has 47 heavy (non-hydrogen) atoms. The van der Waals surface area contributed by atoms with Crippen molar-refractivity contribution in [3.63, 3.8) is 0 Å². The minimum Gasteiger partial charge on any atom is -0.397 e. The first-order valence-corrected chi connectivity index (χ1v) is 14.7. The van der Waals surface area contributed by atoms with Crippen LogP contribution in [0.15, 0.2) is 66.7 Å². The molecule has 1 aliphatic heterocycles. The van der Waals surface area contributed by atoms with Crippen molar-refractivity contribution in [2.45, 2.75) is 32.5 Å². The molecule has 0 fully saturated rings. The van der Waals surface area contributed by atoms with Gasteiger partial charge in [-0.2, -0.15) is 23.1 Å². The van der Waals surface area contributed by atoms with E-state index in [4.69, 9.17) is 33.6 Å². The fourth-order valence-corrected chi connectivity index (χ4v) is 4.84. The van der Waals surface area contributed by atoms with Crippen LogP contribution in [0.2, 0.25) is 5.02 Å². The Morgan fingerprint density at radius 2 is 1.70 bits per heavy atom. The average Bonchev–Trinajstić information content (AvgIpc) is 2.99. The number of anilines is 6. The molecule has 2 amide bonds. The summed E-state index contributed by atoms with van der Waals surface area (Å²) in [5.74, 6) is 0.836. The highest BCUT2D eigenvalue weighted by Crippen LogP contribution is 2.36. The van der Waals surface area contributed by atoms with E-state index >= 15 is 0 Å². The molecule has 9 N–H and O–H groups in total. The monoisotopic (exact) mass is 671 g/mol. The largest absolute Gasteiger partial charge is 0.417 e. The number of nitrogens with zero attached hydrogens (tertiary/aromatic N) is 3. The number of fused-ring (bicyclic) bond motifs is 1. The van der Waals surface area contributed by atoms with Gasteiger partial charge >= 0.3 is 12.2 Å². The number of aromatic nitrogens is 2. The number of alkyl halides is 3. The summed E-state index contributed by atoms with van der Waals surface area (Å²) in [6.07, 6.45) is -2.55. The summed E-state index contributed by atoms with van der Waals surface area (Å²) in [4.78, 5) is 22.1. The Kier molecular flexibility index (Phi) is 12.8. The number of aliphatic hydroxyl groups is 1. The number of nitrogen functional groups attached to an aromatic ring is 2. The third-order valence-electron chi connectivity index (χ3n) is 6.68. The third kappa shape index (κ3) is 10.5. The second-order valence-electron chi connectivity index (χ2n) is 10.4. The molecule has 0 saturated heterocycles. The number of amides is 2. The number of carbonyl (C=O) groups excluding carboxylic acids is 1. The van der Waals surface area contributed by atoms with Gasteiger partial charge in [-0.1, -0.05) is 47.5 Å². The number of hydrogen-bond donors (Lipinski definition) is 7. The van der Waals surface area contributed by atoms with E-state index in [0.29, 0.717) is 17.1 Å². The number of hydrogen-bond acceptors (Lipinski definition) is 9. The summed E-state index contributed by atoms with van der Waals surface area (Å²) in [5.41, 5.74) is 15.0. The number of para-hydroxylation sites is 1. The van der Waals surface area contributed by atoms with Crippen LogP contribution in [-0.4, -0.2) is 53.6 Å². The first-order valence-electron chi connectivity index (χ1n) is 14.4. The number of rotatable bonds is 5. The first-order chi connectivity index (χ1) is 22.2. The van der Waals surface area contributed by atoms with Gasteiger partial charge in [0.15, 0.2) is 0 Å². The Hall–Kier alpha value is -5.08. The van der Waals surface area contributed by atoms with Gasteiger partial charge < -0.3 is 42.8 Å². The molecule has 2 heterocycles. The Bertz CT molecular complexity index is 1670. The molecule has 5 rings (SSSR count). The van der Waals surface area contributed by atoms with Gasteiger partial charge in [0.2, 0.25) is 5.95 Å². The van der Waals surface area contributed by atoms with Gasteiger partial charge in [-0.3, -0.25) is 0 Å². The average molecular weight is 672 g/mol. The number of aliphatic hydroxyl groups excluding tert-OH is 1. The number of nitrogens with one attached hydrogen (secondary N) is 4. The van der Waals surface area contributed by atoms with Crippen LogP contribution in [0, 0.1) is 12.3 Å². The Morgan fingerprint density at radius 3 is 2.34 bits per heavy atom. The van der Waals surface area contributed by atoms with Crippen molar-refractivity contribution >= 4 is 58.5 Å². The highest BCUT2D eigenvalue weighted by atomic mass is 35.5. The van der Waals surface area contributed by atoms with Crippen LogP contribution >= 0.6 is 11.6 Å². The maximum absolute atomic E-state index is 12.7. The van der Waals surface area contributed by atoms with Crippen LogP contribution in [0.1, 0.15) is 29.2 Å². The van der Waals surface area contributed by atoms with E-state index in [2.05, 4.69) is 50.0 Å². The smallest absolute Gasteiger partial charge is 0.397 e. The van der Waals surface area contributed by atoms with E-state index in [9.17, 15) is 18.0 Å². The maximum Gasteiger partial charge on any atom is 0.417 e. The van der Waals surface area contributed by atoms with Crippen molar-refractivity contribution in [2.75, 3.05) is 52.5 Å². The quantitative estimate of drug-likeness (QED) is 0.119. The van der Waals surface area contributed by atoms with Crippen LogP contribution in [0.5, 0.6) is 0 Å². The van der Waals surface area contributed by atoms with Gasteiger partial charge in [0.25, 0.3) is 0 Å². The lowest BCUT2D eigenvalue weighted by Crippen LogP contribution is -2.40. The molecule has 0 saturated carbocycles. The molecule has 3 aromatic carbocycles. The van der Waals surface area contributed by atoms with Gasteiger partial charge in [-0.15, -0.1) is 0 Å². The number of aryl methyl sites for hydroxylation is 1. The summed E-state index contributed by atoms with van der Waals surface area (Å²) < 4.78 is 38.2. The van der Waals surface area contributed by atoms with Crippen molar-refractivity contribution in [1.29, 1.82) is 5.41 Å². The molecule has 4 aromatic rings. The Morgan fingerprint density at radius 1 is 1.09 bits per heavy atom. The third-order valence-corrected chi connectivity index (χ3v) is 7.01. The van der Waals surface area contributed by atoms with E-state index in [1.54, 1.807) is 31.2 Å². The summed E-state index contributed by atoms with van der Waals surface area (Å²) in [6.45, 7) is 4.66. The molecule has 1 unspecified atom stereocenters. The summed E-state index contributed by atoms with van der Waals surface area (Å²) in [5, 5.41) is 22.9. The van der Waals surface area contributed by atoms with Crippen LogP contribution in [-0.2, 0) is 12.6 Å². The highest BCUT2D eigenvalue weighted by Gasteiger charge is 2.33. The highest BCUT2D eigenvalue weighted by molar-refractivity contribution is 6.31. The second-order valence-corrected chi connectivity index (χ2v) is 10.8. The minimum absolute atomic E-state index is 0.00124. The lowest BCUT2D eigenvalue weighted by molar-refractivity contribution is -0.137. The molecule has 0 aliphatic carbocycles. The van der Waals surface area contributed by atoms with Gasteiger partial charge in [-0.25, -0.2) is 4.79 Å². The molecule has 0 spiro atoms. The van der Waals surface area contributed by atoms with E-state index in [1.165, 1.54) is 17.3 Å². The zero-order valence-electron chi connectivity index (χ0n) is 26.0. The molecular weight excluding hydrogens is 635 g/mol. The molecule has 1 aliphatic rings. The van der Waals surface area contributed by atoms with Crippen LogP contribution in [0.4, 0.5) is 52.6 Å². The topological polar surface area (TPSA) is 178 Å². The normalized spacial score (nSPS) is 13.5. The second kappa shape index (κ2) is 16.5. The number of halogens is 4. The molecule has 0 bridgehead atoms. The van der Waals surface area contributed by atoms with Crippen molar-refractivity contribution in [3.8, 4) is 0 Å². The van der Waals surface area contributed by atoms with Crippen LogP contribution in [0.25, 0.3) is 0 Å². The number of benzene rings is 3. The number of likely N-dealkylation sites (N-methyl/N-ethyl adjacent to an activating group) is 1. The van der Waals surface area contributed by atoms with Gasteiger partial charge in [-0.05, 0) is 62.2 Å². The first kappa shape index (κ1) is 36.4. The maximum atomic E-state index is 12.7. The van der Waals surface area contributed by atoms with Crippen LogP contribution < -0.4 is 32.3 Å². The Balaban J connectivity index is 0.000000236. The van der Waals surface area contributed by atoms with Gasteiger partial charge in [0, 0.05) is 49.5 Å². The standard InChI is InChI=1S/C15H12ClF3N2O.C15H19N7.C2H6O/c1-9-2-4-10(5-3-9)20-14(22)21-11-6-7-13(16)12(8-11)15(17,18)19;1-22-8-10(6-9-4-2-3-5-12(9)22)19-14-11(7-16)13(17)20-15(18)21-14;1-2-3/h2-8H,1H3,(H2,20,21,22);2-5,7,10,16H,6,8H2,1H3,(H5,17,18,19,20,21);3H,2H2,1H3. The lowest BCUT2D eigenvalue weighted by atomic mass is 9.98. The van der Waals surface area contributed by atoms with E-state index in [-0.39, 0.29) is 30.1 Å².